The second-order valence-electron chi connectivity index (χ2n) is 12.6. The lowest BCUT2D eigenvalue weighted by Gasteiger charge is -2.49. The summed E-state index contributed by atoms with van der Waals surface area (Å²) in [5.74, 6) is -6.07. The minimum absolute atomic E-state index is 0.383. The number of ether oxygens (including phenoxy) is 13. The third-order valence-corrected chi connectivity index (χ3v) is 8.91. The number of hydrogen-bond donors (Lipinski definition) is 0. The molecule has 0 bridgehead atoms. The molecule has 22 heteroatoms. The van der Waals surface area contributed by atoms with E-state index in [4.69, 9.17) is 61.6 Å². The molecule has 56 heavy (non-hydrogen) atoms. The lowest BCUT2D eigenvalue weighted by molar-refractivity contribution is -0.344. The summed E-state index contributed by atoms with van der Waals surface area (Å²) in [6.45, 7) is 9.20. The zero-order valence-corrected chi connectivity index (χ0v) is 33.1. The highest BCUT2D eigenvalue weighted by molar-refractivity contribution is 7.99. The van der Waals surface area contributed by atoms with E-state index in [1.54, 1.807) is 6.92 Å². The van der Waals surface area contributed by atoms with Crippen molar-refractivity contribution in [3.8, 4) is 0 Å². The first-order valence-corrected chi connectivity index (χ1v) is 18.5. The van der Waals surface area contributed by atoms with Gasteiger partial charge in [-0.05, 0) is 5.75 Å². The van der Waals surface area contributed by atoms with Crippen LogP contribution in [0.15, 0.2) is 0 Å². The molecule has 3 fully saturated rings. The van der Waals surface area contributed by atoms with E-state index in [1.807, 2.05) is 0 Å². The standard InChI is InChI=1S/C34H48O21S/c1-10-56-34-31(55-33-30(52-21(9)42)27(49-18(6)39)23(13-45-33)47-16(4)37)28(50-19(7)40)25(24(53-34)11-43-14(2)35)54-32-29(51-20(8)41)26(48-17(5)38)22(12-44-32)46-15(3)36/h22-34H,10-13H2,1-9H3/t22-,23-,24-,25-,26+,27+,28+,29-,30-,31+,32+,33+,34-/m1/s1. The van der Waals surface area contributed by atoms with Crippen LogP contribution in [0.3, 0.4) is 0 Å². The summed E-state index contributed by atoms with van der Waals surface area (Å²) >= 11 is 1.16. The number of carbonyl (C=O) groups excluding carboxylic acids is 8. The fourth-order valence-electron chi connectivity index (χ4n) is 6.11. The summed E-state index contributed by atoms with van der Waals surface area (Å²) in [7, 11) is 0. The van der Waals surface area contributed by atoms with E-state index in [-0.39, 0.29) is 0 Å². The minimum Gasteiger partial charge on any atom is -0.463 e. The Morgan fingerprint density at radius 2 is 0.857 bits per heavy atom. The maximum absolute atomic E-state index is 12.8. The van der Waals surface area contributed by atoms with Gasteiger partial charge in [0.2, 0.25) is 0 Å². The highest BCUT2D eigenvalue weighted by Crippen LogP contribution is 2.38. The molecule has 0 aromatic carbocycles. The summed E-state index contributed by atoms with van der Waals surface area (Å²) in [4.78, 5) is 97.8. The van der Waals surface area contributed by atoms with Gasteiger partial charge in [0.25, 0.3) is 0 Å². The molecular weight excluding hydrogens is 776 g/mol. The molecule has 21 nitrogen and oxygen atoms in total. The van der Waals surface area contributed by atoms with Gasteiger partial charge in [-0.1, -0.05) is 6.92 Å². The minimum atomic E-state index is -1.64. The van der Waals surface area contributed by atoms with Crippen molar-refractivity contribution >= 4 is 59.5 Å². The fourth-order valence-corrected chi connectivity index (χ4v) is 7.06. The van der Waals surface area contributed by atoms with Gasteiger partial charge in [0.1, 0.15) is 30.4 Å². The van der Waals surface area contributed by atoms with Crippen LogP contribution in [0.25, 0.3) is 0 Å². The van der Waals surface area contributed by atoms with Crippen LogP contribution in [-0.2, 0) is 99.9 Å². The first kappa shape index (κ1) is 46.3. The van der Waals surface area contributed by atoms with Crippen molar-refractivity contribution in [3.63, 3.8) is 0 Å². The van der Waals surface area contributed by atoms with Crippen LogP contribution in [0, 0.1) is 0 Å². The largest absolute Gasteiger partial charge is 0.463 e. The van der Waals surface area contributed by atoms with Gasteiger partial charge >= 0.3 is 47.8 Å². The first-order valence-electron chi connectivity index (χ1n) is 17.5. The Morgan fingerprint density at radius 1 is 0.482 bits per heavy atom. The lowest BCUT2D eigenvalue weighted by atomic mass is 9.97. The van der Waals surface area contributed by atoms with Crippen LogP contribution >= 0.6 is 11.8 Å². The Bertz CT molecular complexity index is 1440. The Kier molecular flexibility index (Phi) is 17.7. The molecule has 0 spiro atoms. The van der Waals surface area contributed by atoms with Crippen LogP contribution in [0.2, 0.25) is 0 Å². The van der Waals surface area contributed by atoms with E-state index in [0.717, 1.165) is 67.2 Å². The lowest BCUT2D eigenvalue weighted by Crippen LogP contribution is -2.66. The average molecular weight is 825 g/mol. The fraction of sp³-hybridized carbons (Fsp3) is 0.765. The Morgan fingerprint density at radius 3 is 1.23 bits per heavy atom. The van der Waals surface area contributed by atoms with Crippen LogP contribution in [-0.4, -0.2) is 152 Å². The van der Waals surface area contributed by atoms with E-state index in [0.29, 0.717) is 5.75 Å². The van der Waals surface area contributed by atoms with Crippen molar-refractivity contribution in [1.82, 2.24) is 0 Å². The van der Waals surface area contributed by atoms with Crippen LogP contribution in [0.4, 0.5) is 0 Å². The normalized spacial score (nSPS) is 32.8. The summed E-state index contributed by atoms with van der Waals surface area (Å²) in [6, 6.07) is 0. The van der Waals surface area contributed by atoms with Gasteiger partial charge in [0.05, 0.1) is 13.2 Å². The van der Waals surface area contributed by atoms with Gasteiger partial charge in [-0.25, -0.2) is 0 Å². The number of rotatable bonds is 15. The number of carbonyl (C=O) groups is 8. The number of hydrogen-bond acceptors (Lipinski definition) is 22. The predicted octanol–water partition coefficient (Wildman–Crippen LogP) is 0.0324. The zero-order valence-electron chi connectivity index (χ0n) is 32.3. The quantitative estimate of drug-likeness (QED) is 0.156. The SMILES string of the molecule is CCS[C@H]1O[C@H](COC(C)=O)[C@@H](O[C@@H]2OC[C@@H](OC(C)=O)[C@H](OC(C)=O)[C@H]2OC(C)=O)[C@H](OC(C)=O)[C@@H]1O[C@@H]1OC[C@@H](OC(C)=O)[C@H](OC(C)=O)[C@H]1OC(C)=O. The summed E-state index contributed by atoms with van der Waals surface area (Å²) in [5.41, 5.74) is -1.07. The van der Waals surface area contributed by atoms with Crippen molar-refractivity contribution < 1.29 is 99.9 Å². The first-order chi connectivity index (χ1) is 26.3. The smallest absolute Gasteiger partial charge is 0.303 e. The van der Waals surface area contributed by atoms with Crippen molar-refractivity contribution in [2.24, 2.45) is 0 Å². The monoisotopic (exact) mass is 824 g/mol. The second-order valence-corrected chi connectivity index (χ2v) is 13.9. The second kappa shape index (κ2) is 21.4. The van der Waals surface area contributed by atoms with E-state index >= 15 is 0 Å². The third kappa shape index (κ3) is 13.5. The van der Waals surface area contributed by atoms with Gasteiger partial charge in [-0.3, -0.25) is 38.4 Å². The van der Waals surface area contributed by atoms with E-state index in [1.165, 1.54) is 0 Å². The summed E-state index contributed by atoms with van der Waals surface area (Å²) in [6.07, 6.45) is -17.5. The van der Waals surface area contributed by atoms with Crippen molar-refractivity contribution in [3.05, 3.63) is 0 Å². The molecule has 0 aliphatic carbocycles. The summed E-state index contributed by atoms with van der Waals surface area (Å²) in [5, 5.41) is 0. The van der Waals surface area contributed by atoms with Gasteiger partial charge in [0, 0.05) is 55.4 Å². The highest BCUT2D eigenvalue weighted by Gasteiger charge is 2.57. The molecule has 0 N–H and O–H groups in total. The molecule has 316 valence electrons. The van der Waals surface area contributed by atoms with Crippen molar-refractivity contribution in [2.75, 3.05) is 25.6 Å². The number of esters is 8. The van der Waals surface area contributed by atoms with Crippen LogP contribution in [0.5, 0.6) is 0 Å². The van der Waals surface area contributed by atoms with Crippen LogP contribution in [0.1, 0.15) is 62.3 Å². The molecule has 0 saturated carbocycles. The molecule has 0 unspecified atom stereocenters. The molecule has 3 heterocycles. The van der Waals surface area contributed by atoms with Gasteiger partial charge in [-0.15, -0.1) is 11.8 Å². The number of thioether (sulfide) groups is 1. The van der Waals surface area contributed by atoms with Gasteiger partial charge < -0.3 is 61.6 Å². The van der Waals surface area contributed by atoms with Crippen LogP contribution < -0.4 is 0 Å². The summed E-state index contributed by atoms with van der Waals surface area (Å²) < 4.78 is 74.5. The van der Waals surface area contributed by atoms with Gasteiger partial charge in [0.15, 0.2) is 55.3 Å². The van der Waals surface area contributed by atoms with E-state index < -0.39 is 147 Å². The van der Waals surface area contributed by atoms with Crippen molar-refractivity contribution in [2.45, 2.75) is 141 Å². The maximum atomic E-state index is 12.8. The van der Waals surface area contributed by atoms with E-state index in [9.17, 15) is 38.4 Å². The third-order valence-electron chi connectivity index (χ3n) is 7.87. The maximum Gasteiger partial charge on any atom is 0.303 e. The molecule has 13 atom stereocenters. The Hall–Kier alpha value is -4.09. The van der Waals surface area contributed by atoms with Crippen molar-refractivity contribution in [1.29, 1.82) is 0 Å². The molecule has 3 rings (SSSR count). The molecule has 0 radical (unpaired) electrons. The topological polar surface area (TPSA) is 257 Å². The van der Waals surface area contributed by atoms with Gasteiger partial charge in [-0.2, -0.15) is 0 Å². The molecule has 0 aromatic rings. The average Bonchev–Trinajstić information content (AvgIpc) is 3.06. The molecular formula is C34H48O21S. The molecule has 3 saturated heterocycles. The molecule has 3 aliphatic rings. The molecule has 0 amide bonds. The Balaban J connectivity index is 2.14. The zero-order chi connectivity index (χ0) is 41.9. The highest BCUT2D eigenvalue weighted by atomic mass is 32.2. The predicted molar refractivity (Wildman–Crippen MR) is 182 cm³/mol. The molecule has 3 aliphatic heterocycles. The Labute approximate surface area is 326 Å². The molecule has 0 aromatic heterocycles. The van der Waals surface area contributed by atoms with E-state index in [2.05, 4.69) is 0 Å².